The number of fused-ring (bicyclic) bond motifs is 3. The van der Waals surface area contributed by atoms with Crippen molar-refractivity contribution >= 4 is 16.9 Å². The topological polar surface area (TPSA) is 84.0 Å². The molecule has 7 nitrogen and oxygen atoms in total. The number of carbonyl (C=O) groups is 1. The van der Waals surface area contributed by atoms with E-state index in [1.54, 1.807) is 0 Å². The van der Waals surface area contributed by atoms with Crippen LogP contribution in [0.5, 0.6) is 5.75 Å². The molecular formula is C29H34F4N2O5. The number of benzene rings is 2. The number of rotatable bonds is 15. The Bertz CT molecular complexity index is 1270. The van der Waals surface area contributed by atoms with E-state index in [0.29, 0.717) is 31.7 Å². The SMILES string of the molecule is CC(F)(F)CN1CCc2c([nH]c3ccccc23)[C@H]1c1c(F)cc(OCCCCCOCCOCC(=O)O)cc1F. The molecule has 0 fully saturated rings. The Kier molecular flexibility index (Phi) is 10.0. The lowest BCUT2D eigenvalue weighted by molar-refractivity contribution is -0.142. The van der Waals surface area contributed by atoms with Gasteiger partial charge in [-0.3, -0.25) is 4.90 Å². The number of H-pyrrole nitrogens is 1. The number of para-hydroxylation sites is 1. The molecule has 0 unspecified atom stereocenters. The number of halogens is 4. The first-order chi connectivity index (χ1) is 19.1. The monoisotopic (exact) mass is 566 g/mol. The summed E-state index contributed by atoms with van der Waals surface area (Å²) in [6.45, 7) is 1.25. The Balaban J connectivity index is 1.38. The lowest BCUT2D eigenvalue weighted by atomic mass is 9.91. The van der Waals surface area contributed by atoms with Gasteiger partial charge in [-0.15, -0.1) is 0 Å². The summed E-state index contributed by atoms with van der Waals surface area (Å²) in [5, 5.41) is 9.40. The predicted molar refractivity (Wildman–Crippen MR) is 141 cm³/mol. The zero-order valence-corrected chi connectivity index (χ0v) is 22.4. The third kappa shape index (κ3) is 7.74. The second kappa shape index (κ2) is 13.5. The van der Waals surface area contributed by atoms with Crippen LogP contribution in [0.25, 0.3) is 10.9 Å². The van der Waals surface area contributed by atoms with Crippen LogP contribution in [-0.2, 0) is 20.7 Å². The number of ether oxygens (including phenoxy) is 3. The first-order valence-corrected chi connectivity index (χ1v) is 13.3. The molecule has 0 saturated carbocycles. The average molecular weight is 567 g/mol. The number of hydrogen-bond acceptors (Lipinski definition) is 5. The Morgan fingerprint density at radius 3 is 2.48 bits per heavy atom. The number of alkyl halides is 2. The molecule has 3 aromatic rings. The molecule has 0 amide bonds. The van der Waals surface area contributed by atoms with Gasteiger partial charge in [-0.2, -0.15) is 0 Å². The van der Waals surface area contributed by atoms with Crippen molar-refractivity contribution in [1.29, 1.82) is 0 Å². The molecule has 0 aliphatic carbocycles. The lowest BCUT2D eigenvalue weighted by Gasteiger charge is -2.37. The summed E-state index contributed by atoms with van der Waals surface area (Å²) < 4.78 is 75.0. The van der Waals surface area contributed by atoms with E-state index >= 15 is 8.78 Å². The predicted octanol–water partition coefficient (Wildman–Crippen LogP) is 5.72. The van der Waals surface area contributed by atoms with Gasteiger partial charge in [0.1, 0.15) is 24.0 Å². The van der Waals surface area contributed by atoms with E-state index in [9.17, 15) is 13.6 Å². The van der Waals surface area contributed by atoms with Gasteiger partial charge in [-0.25, -0.2) is 22.4 Å². The molecule has 1 aliphatic heterocycles. The zero-order chi connectivity index (χ0) is 28.7. The highest BCUT2D eigenvalue weighted by Crippen LogP contribution is 2.41. The fourth-order valence-corrected chi connectivity index (χ4v) is 5.10. The normalized spacial score (nSPS) is 15.9. The summed E-state index contributed by atoms with van der Waals surface area (Å²) in [6.07, 6.45) is 2.60. The summed E-state index contributed by atoms with van der Waals surface area (Å²) in [4.78, 5) is 15.0. The van der Waals surface area contributed by atoms with Crippen molar-refractivity contribution < 1.29 is 41.7 Å². The van der Waals surface area contributed by atoms with Gasteiger partial charge < -0.3 is 24.3 Å². The number of unbranched alkanes of at least 4 members (excludes halogenated alkanes) is 2. The van der Waals surface area contributed by atoms with Gasteiger partial charge in [0.05, 0.1) is 32.4 Å². The molecule has 11 heteroatoms. The van der Waals surface area contributed by atoms with Crippen molar-refractivity contribution in [2.75, 3.05) is 46.1 Å². The molecule has 0 spiro atoms. The third-order valence-electron chi connectivity index (χ3n) is 6.74. The number of aliphatic carboxylic acids is 1. The van der Waals surface area contributed by atoms with Crippen LogP contribution in [0.4, 0.5) is 17.6 Å². The Hall–Kier alpha value is -3.15. The number of aromatic amines is 1. The van der Waals surface area contributed by atoms with Crippen molar-refractivity contribution in [3.63, 3.8) is 0 Å². The maximum atomic E-state index is 15.5. The standard InChI is InChI=1S/C29H34F4N2O5/c1-29(32,33)18-35-10-9-21-20-7-3-4-8-24(20)34-27(21)28(35)26-22(30)15-19(16-23(26)31)40-12-6-2-5-11-38-13-14-39-17-25(36)37/h3-4,7-8,15-16,28,34H,2,5-6,9-14,17-18H2,1H3,(H,36,37)/t28-/m1/s1. The summed E-state index contributed by atoms with van der Waals surface area (Å²) >= 11 is 0. The summed E-state index contributed by atoms with van der Waals surface area (Å²) in [5.74, 6) is -5.75. The largest absolute Gasteiger partial charge is 0.493 e. The van der Waals surface area contributed by atoms with Gasteiger partial charge in [0.15, 0.2) is 0 Å². The quantitative estimate of drug-likeness (QED) is 0.181. The van der Waals surface area contributed by atoms with Crippen LogP contribution in [0.15, 0.2) is 36.4 Å². The zero-order valence-electron chi connectivity index (χ0n) is 22.4. The lowest BCUT2D eigenvalue weighted by Crippen LogP contribution is -2.43. The van der Waals surface area contributed by atoms with E-state index in [2.05, 4.69) is 4.98 Å². The van der Waals surface area contributed by atoms with Crippen LogP contribution in [0.1, 0.15) is 49.0 Å². The molecule has 2 N–H and O–H groups in total. The molecule has 4 rings (SSSR count). The summed E-state index contributed by atoms with van der Waals surface area (Å²) in [5.41, 5.74) is 1.92. The molecule has 1 aliphatic rings. The molecule has 2 aromatic carbocycles. The van der Waals surface area contributed by atoms with Gasteiger partial charge in [0, 0.05) is 54.4 Å². The highest BCUT2D eigenvalue weighted by atomic mass is 19.3. The van der Waals surface area contributed by atoms with Gasteiger partial charge in [-0.1, -0.05) is 18.2 Å². The maximum absolute atomic E-state index is 15.5. The maximum Gasteiger partial charge on any atom is 0.329 e. The van der Waals surface area contributed by atoms with Crippen LogP contribution in [0, 0.1) is 11.6 Å². The summed E-state index contributed by atoms with van der Waals surface area (Å²) in [6, 6.07) is 8.67. The number of carboxylic acid groups (broad SMARTS) is 1. The van der Waals surface area contributed by atoms with Gasteiger partial charge >= 0.3 is 5.97 Å². The molecule has 40 heavy (non-hydrogen) atoms. The molecule has 0 bridgehead atoms. The number of hydrogen-bond donors (Lipinski definition) is 2. The van der Waals surface area contributed by atoms with Crippen molar-refractivity contribution in [2.24, 2.45) is 0 Å². The highest BCUT2D eigenvalue weighted by Gasteiger charge is 2.39. The second-order valence-electron chi connectivity index (χ2n) is 10.0. The van der Waals surface area contributed by atoms with E-state index in [-0.39, 0.29) is 37.7 Å². The first kappa shape index (κ1) is 29.8. The van der Waals surface area contributed by atoms with Crippen molar-refractivity contribution in [1.82, 2.24) is 9.88 Å². The van der Waals surface area contributed by atoms with Crippen molar-refractivity contribution in [2.45, 2.75) is 44.6 Å². The van der Waals surface area contributed by atoms with Crippen LogP contribution in [0.2, 0.25) is 0 Å². The van der Waals surface area contributed by atoms with Crippen LogP contribution in [0.3, 0.4) is 0 Å². The Morgan fingerprint density at radius 1 is 1.05 bits per heavy atom. The summed E-state index contributed by atoms with van der Waals surface area (Å²) in [7, 11) is 0. The minimum absolute atomic E-state index is 0.0330. The fraction of sp³-hybridized carbons (Fsp3) is 0.483. The van der Waals surface area contributed by atoms with Crippen LogP contribution >= 0.6 is 0 Å². The molecular weight excluding hydrogens is 532 g/mol. The van der Waals surface area contributed by atoms with Crippen molar-refractivity contribution in [3.8, 4) is 5.75 Å². The van der Waals surface area contributed by atoms with E-state index in [0.717, 1.165) is 48.4 Å². The van der Waals surface area contributed by atoms with Crippen LogP contribution in [-0.4, -0.2) is 73.0 Å². The molecule has 218 valence electrons. The number of nitrogens with one attached hydrogen (secondary N) is 1. The van der Waals surface area contributed by atoms with E-state index in [1.165, 1.54) is 4.90 Å². The molecule has 1 aromatic heterocycles. The Morgan fingerprint density at radius 2 is 1.75 bits per heavy atom. The molecule has 0 saturated heterocycles. The van der Waals surface area contributed by atoms with E-state index in [4.69, 9.17) is 19.3 Å². The van der Waals surface area contributed by atoms with Crippen molar-refractivity contribution in [3.05, 3.63) is 64.9 Å². The highest BCUT2D eigenvalue weighted by molar-refractivity contribution is 5.85. The third-order valence-corrected chi connectivity index (χ3v) is 6.74. The first-order valence-electron chi connectivity index (χ1n) is 13.3. The molecule has 2 heterocycles. The minimum Gasteiger partial charge on any atom is -0.493 e. The number of nitrogens with zero attached hydrogens (tertiary/aromatic N) is 1. The van der Waals surface area contributed by atoms with Crippen LogP contribution < -0.4 is 4.74 Å². The fourth-order valence-electron chi connectivity index (χ4n) is 5.10. The average Bonchev–Trinajstić information content (AvgIpc) is 3.25. The second-order valence-corrected chi connectivity index (χ2v) is 10.0. The smallest absolute Gasteiger partial charge is 0.329 e. The minimum atomic E-state index is -3.04. The number of aromatic nitrogens is 1. The number of carboxylic acids is 1. The molecule has 1 atom stereocenters. The Labute approximate surface area is 230 Å². The van der Waals surface area contributed by atoms with Gasteiger partial charge in [0.2, 0.25) is 0 Å². The van der Waals surface area contributed by atoms with Gasteiger partial charge in [-0.05, 0) is 37.3 Å². The molecule has 0 radical (unpaired) electrons. The van der Waals surface area contributed by atoms with E-state index < -0.39 is 36.1 Å². The van der Waals surface area contributed by atoms with Gasteiger partial charge in [0.25, 0.3) is 5.92 Å². The van der Waals surface area contributed by atoms with E-state index in [1.807, 2.05) is 24.3 Å².